The van der Waals surface area contributed by atoms with Gasteiger partial charge in [-0.05, 0) is 59.5 Å². The van der Waals surface area contributed by atoms with Crippen LogP contribution < -0.4 is 0 Å². The molecule has 31 heavy (non-hydrogen) atoms. The smallest absolute Gasteiger partial charge is 0.159 e. The van der Waals surface area contributed by atoms with Crippen LogP contribution in [0.1, 0.15) is 16.7 Å². The highest BCUT2D eigenvalue weighted by molar-refractivity contribution is 6.30. The maximum Gasteiger partial charge on any atom is 0.159 e. The number of methoxy groups -OCH3 is 1. The van der Waals surface area contributed by atoms with E-state index in [2.05, 4.69) is 9.97 Å². The summed E-state index contributed by atoms with van der Waals surface area (Å²) in [5.74, 6) is -0.119. The largest absolute Gasteiger partial charge is 0.384 e. The van der Waals surface area contributed by atoms with Gasteiger partial charge in [-0.1, -0.05) is 41.9 Å². The zero-order valence-corrected chi connectivity index (χ0v) is 17.8. The van der Waals surface area contributed by atoms with Crippen molar-refractivity contribution in [2.45, 2.75) is 19.3 Å². The molecule has 0 unspecified atom stereocenters. The van der Waals surface area contributed by atoms with Crippen molar-refractivity contribution in [2.24, 2.45) is 0 Å². The van der Waals surface area contributed by atoms with Gasteiger partial charge in [0.1, 0.15) is 11.6 Å². The predicted molar refractivity (Wildman–Crippen MR) is 119 cm³/mol. The lowest BCUT2D eigenvalue weighted by Gasteiger charge is -2.09. The number of aromatic nitrogens is 2. The predicted octanol–water partition coefficient (Wildman–Crippen LogP) is 6.20. The van der Waals surface area contributed by atoms with Gasteiger partial charge < -0.3 is 4.74 Å². The van der Waals surface area contributed by atoms with Crippen LogP contribution in [0.4, 0.5) is 8.78 Å². The molecule has 0 saturated heterocycles. The van der Waals surface area contributed by atoms with Crippen LogP contribution >= 0.6 is 11.6 Å². The van der Waals surface area contributed by atoms with E-state index in [-0.39, 0.29) is 10.8 Å². The SMILES string of the molecule is COCCc1cnc(-c2ccc3c(F)c(CCc4ccc(Cl)c(F)c4)ccc3c2)nc1. The fourth-order valence-electron chi connectivity index (χ4n) is 3.50. The number of ether oxygens (including phenoxy) is 1. The zero-order chi connectivity index (χ0) is 21.8. The maximum absolute atomic E-state index is 15.1. The lowest BCUT2D eigenvalue weighted by molar-refractivity contribution is 0.202. The summed E-state index contributed by atoms with van der Waals surface area (Å²) in [6.45, 7) is 0.618. The van der Waals surface area contributed by atoms with Gasteiger partial charge in [-0.2, -0.15) is 0 Å². The summed E-state index contributed by atoms with van der Waals surface area (Å²) in [7, 11) is 1.66. The van der Waals surface area contributed by atoms with Crippen LogP contribution in [0.2, 0.25) is 5.02 Å². The van der Waals surface area contributed by atoms with Crippen molar-refractivity contribution in [3.05, 3.63) is 94.3 Å². The molecule has 0 atom stereocenters. The average Bonchev–Trinajstić information content (AvgIpc) is 2.79. The number of halogens is 3. The molecule has 0 bridgehead atoms. The fraction of sp³-hybridized carbons (Fsp3) is 0.200. The van der Waals surface area contributed by atoms with Gasteiger partial charge >= 0.3 is 0 Å². The Morgan fingerprint density at radius 1 is 0.871 bits per heavy atom. The van der Waals surface area contributed by atoms with Crippen molar-refractivity contribution in [1.29, 1.82) is 0 Å². The lowest BCUT2D eigenvalue weighted by Crippen LogP contribution is -1.98. The van der Waals surface area contributed by atoms with Crippen molar-refractivity contribution < 1.29 is 13.5 Å². The molecule has 3 nitrogen and oxygen atoms in total. The second-order valence-corrected chi connectivity index (χ2v) is 7.79. The first-order chi connectivity index (χ1) is 15.0. The summed E-state index contributed by atoms with van der Waals surface area (Å²) in [5.41, 5.74) is 3.20. The Kier molecular flexibility index (Phi) is 6.54. The lowest BCUT2D eigenvalue weighted by atomic mass is 9.99. The third-order valence-corrected chi connectivity index (χ3v) is 5.57. The van der Waals surface area contributed by atoms with Gasteiger partial charge in [0.15, 0.2) is 5.82 Å². The van der Waals surface area contributed by atoms with Crippen molar-refractivity contribution in [1.82, 2.24) is 9.97 Å². The number of benzene rings is 3. The minimum absolute atomic E-state index is 0.0880. The monoisotopic (exact) mass is 438 g/mol. The molecule has 0 aliphatic heterocycles. The zero-order valence-electron chi connectivity index (χ0n) is 17.0. The Bertz CT molecular complexity index is 1210. The highest BCUT2D eigenvalue weighted by atomic mass is 35.5. The van der Waals surface area contributed by atoms with Gasteiger partial charge in [0, 0.05) is 30.5 Å². The summed E-state index contributed by atoms with van der Waals surface area (Å²) in [6.07, 6.45) is 5.32. The van der Waals surface area contributed by atoms with E-state index in [1.807, 2.05) is 18.2 Å². The summed E-state index contributed by atoms with van der Waals surface area (Å²) >= 11 is 5.72. The van der Waals surface area contributed by atoms with Gasteiger partial charge in [0.2, 0.25) is 0 Å². The molecule has 3 aromatic carbocycles. The van der Waals surface area contributed by atoms with Crippen LogP contribution in [0, 0.1) is 11.6 Å². The van der Waals surface area contributed by atoms with E-state index < -0.39 is 5.82 Å². The van der Waals surface area contributed by atoms with Crippen molar-refractivity contribution in [3.8, 4) is 11.4 Å². The first-order valence-electron chi connectivity index (χ1n) is 10.0. The van der Waals surface area contributed by atoms with E-state index in [0.29, 0.717) is 36.2 Å². The molecule has 0 spiro atoms. The Morgan fingerprint density at radius 3 is 2.42 bits per heavy atom. The molecule has 0 fully saturated rings. The van der Waals surface area contributed by atoms with Gasteiger partial charge in [0.05, 0.1) is 11.6 Å². The van der Waals surface area contributed by atoms with Crippen LogP contribution in [0.25, 0.3) is 22.2 Å². The third kappa shape index (κ3) is 4.89. The molecule has 1 heterocycles. The molecule has 1 aromatic heterocycles. The van der Waals surface area contributed by atoms with E-state index in [1.165, 1.54) is 12.1 Å². The molecule has 4 aromatic rings. The third-order valence-electron chi connectivity index (χ3n) is 5.26. The van der Waals surface area contributed by atoms with Gasteiger partial charge in [-0.15, -0.1) is 0 Å². The summed E-state index contributed by atoms with van der Waals surface area (Å²) in [4.78, 5) is 8.85. The van der Waals surface area contributed by atoms with Crippen LogP contribution in [0.15, 0.2) is 60.9 Å². The Balaban J connectivity index is 1.54. The van der Waals surface area contributed by atoms with E-state index in [0.717, 1.165) is 28.5 Å². The number of nitrogens with zero attached hydrogens (tertiary/aromatic N) is 2. The first-order valence-corrected chi connectivity index (χ1v) is 10.4. The van der Waals surface area contributed by atoms with Crippen LogP contribution in [-0.4, -0.2) is 23.7 Å². The fourth-order valence-corrected chi connectivity index (χ4v) is 3.61. The molecule has 0 saturated carbocycles. The van der Waals surface area contributed by atoms with Crippen LogP contribution in [-0.2, 0) is 24.0 Å². The maximum atomic E-state index is 15.1. The Hall–Kier alpha value is -2.89. The standard InChI is InChI=1S/C25H21ClF2N2O/c1-31-11-10-17-14-29-25(30-15-17)20-7-8-21-19(13-20)6-5-18(24(21)28)4-2-16-3-9-22(26)23(27)12-16/h3,5-9,12-15H,2,4,10-11H2,1H3. The summed E-state index contributed by atoms with van der Waals surface area (Å²) in [5, 5.41) is 1.41. The van der Waals surface area contributed by atoms with E-state index in [1.54, 1.807) is 37.7 Å². The molecule has 0 aliphatic carbocycles. The Labute approximate surface area is 184 Å². The van der Waals surface area contributed by atoms with Crippen LogP contribution in [0.5, 0.6) is 0 Å². The number of hydrogen-bond acceptors (Lipinski definition) is 3. The van der Waals surface area contributed by atoms with Crippen molar-refractivity contribution in [3.63, 3.8) is 0 Å². The van der Waals surface area contributed by atoms with Gasteiger partial charge in [0.25, 0.3) is 0 Å². The van der Waals surface area contributed by atoms with Gasteiger partial charge in [-0.3, -0.25) is 0 Å². The topological polar surface area (TPSA) is 35.0 Å². The molecule has 6 heteroatoms. The van der Waals surface area contributed by atoms with Crippen LogP contribution in [0.3, 0.4) is 0 Å². The molecule has 0 amide bonds. The van der Waals surface area contributed by atoms with E-state index in [4.69, 9.17) is 16.3 Å². The van der Waals surface area contributed by atoms with Gasteiger partial charge in [-0.25, -0.2) is 18.7 Å². The number of hydrogen-bond donors (Lipinski definition) is 0. The summed E-state index contributed by atoms with van der Waals surface area (Å²) < 4.78 is 33.8. The molecular formula is C25H21ClF2N2O. The summed E-state index contributed by atoms with van der Waals surface area (Å²) in [6, 6.07) is 13.8. The highest BCUT2D eigenvalue weighted by Gasteiger charge is 2.11. The molecular weight excluding hydrogens is 418 g/mol. The molecule has 4 rings (SSSR count). The molecule has 0 aliphatic rings. The Morgan fingerprint density at radius 2 is 1.68 bits per heavy atom. The second kappa shape index (κ2) is 9.50. The quantitative estimate of drug-likeness (QED) is 0.344. The average molecular weight is 439 g/mol. The minimum Gasteiger partial charge on any atom is -0.384 e. The van der Waals surface area contributed by atoms with E-state index in [9.17, 15) is 4.39 Å². The number of fused-ring (bicyclic) bond motifs is 1. The minimum atomic E-state index is -0.459. The number of rotatable bonds is 7. The normalized spacial score (nSPS) is 11.2. The first kappa shape index (κ1) is 21.3. The number of aryl methyl sites for hydroxylation is 2. The highest BCUT2D eigenvalue weighted by Crippen LogP contribution is 2.27. The van der Waals surface area contributed by atoms with Crippen molar-refractivity contribution in [2.75, 3.05) is 13.7 Å². The molecule has 158 valence electrons. The molecule has 0 N–H and O–H groups in total. The second-order valence-electron chi connectivity index (χ2n) is 7.38. The molecule has 0 radical (unpaired) electrons. The van der Waals surface area contributed by atoms with E-state index >= 15 is 4.39 Å². The van der Waals surface area contributed by atoms with Crippen molar-refractivity contribution >= 4 is 22.4 Å².